The number of nitrogens with zero attached hydrogens (tertiary/aromatic N) is 3. The second-order valence-corrected chi connectivity index (χ2v) is 14.7. The van der Waals surface area contributed by atoms with Crippen LogP contribution in [0.4, 0.5) is 0 Å². The van der Waals surface area contributed by atoms with Crippen LogP contribution >= 0.6 is 12.4 Å². The van der Waals surface area contributed by atoms with Crippen molar-refractivity contribution >= 4 is 34.1 Å². The SMILES string of the molecule is COc1ccccc1C(=O)N1C[C@H](CN2CCC3(CC2)CCN(Cc2ccc(S(C)(=O)=O)cc2)C3=O)[C@@H](c2ccccc2)C1.Cl. The van der Waals surface area contributed by atoms with Crippen LogP contribution in [0.3, 0.4) is 0 Å². The number of methoxy groups -OCH3 is 1. The van der Waals surface area contributed by atoms with E-state index in [1.54, 1.807) is 19.2 Å². The lowest BCUT2D eigenvalue weighted by atomic mass is 9.76. The number of hydrogen-bond acceptors (Lipinski definition) is 6. The molecule has 3 aromatic rings. The number of likely N-dealkylation sites (tertiary alicyclic amines) is 3. The molecule has 8 nitrogen and oxygen atoms in total. The number of para-hydroxylation sites is 1. The zero-order valence-electron chi connectivity index (χ0n) is 25.9. The Morgan fingerprint density at radius 2 is 1.53 bits per heavy atom. The van der Waals surface area contributed by atoms with Crippen molar-refractivity contribution in [2.45, 2.75) is 36.6 Å². The molecule has 0 unspecified atom stereocenters. The molecular formula is C35H42ClN3O5S. The van der Waals surface area contributed by atoms with Gasteiger partial charge in [0.05, 0.1) is 23.0 Å². The number of sulfone groups is 1. The Morgan fingerprint density at radius 1 is 0.889 bits per heavy atom. The number of hydrogen-bond donors (Lipinski definition) is 0. The number of rotatable bonds is 8. The molecular weight excluding hydrogens is 610 g/mol. The summed E-state index contributed by atoms with van der Waals surface area (Å²) in [5, 5.41) is 0. The van der Waals surface area contributed by atoms with Crippen LogP contribution in [0.1, 0.15) is 46.7 Å². The van der Waals surface area contributed by atoms with Crippen LogP contribution in [0.2, 0.25) is 0 Å². The average molecular weight is 652 g/mol. The minimum absolute atomic E-state index is 0. The Balaban J connectivity index is 0.00000400. The van der Waals surface area contributed by atoms with Crippen LogP contribution in [0.25, 0.3) is 0 Å². The fourth-order valence-corrected chi connectivity index (χ4v) is 7.99. The van der Waals surface area contributed by atoms with Crippen LogP contribution in [-0.2, 0) is 21.2 Å². The van der Waals surface area contributed by atoms with Gasteiger partial charge in [-0.05, 0) is 73.7 Å². The minimum atomic E-state index is -3.25. The Bertz CT molecular complexity index is 1610. The van der Waals surface area contributed by atoms with Gasteiger partial charge in [-0.15, -0.1) is 12.4 Å². The van der Waals surface area contributed by atoms with Crippen LogP contribution in [0.15, 0.2) is 83.8 Å². The molecule has 0 aromatic heterocycles. The third-order valence-electron chi connectivity index (χ3n) is 9.93. The Labute approximate surface area is 272 Å². The lowest BCUT2D eigenvalue weighted by Crippen LogP contribution is -2.46. The molecule has 45 heavy (non-hydrogen) atoms. The van der Waals surface area contributed by atoms with Gasteiger partial charge in [0, 0.05) is 44.9 Å². The highest BCUT2D eigenvalue weighted by molar-refractivity contribution is 7.90. The lowest BCUT2D eigenvalue weighted by molar-refractivity contribution is -0.139. The third kappa shape index (κ3) is 6.90. The van der Waals surface area contributed by atoms with E-state index in [0.717, 1.165) is 51.0 Å². The predicted octanol–water partition coefficient (Wildman–Crippen LogP) is 4.89. The highest BCUT2D eigenvalue weighted by atomic mass is 35.5. The monoisotopic (exact) mass is 651 g/mol. The summed E-state index contributed by atoms with van der Waals surface area (Å²) in [6.45, 7) is 5.19. The maximum absolute atomic E-state index is 13.7. The van der Waals surface area contributed by atoms with Gasteiger partial charge in [-0.2, -0.15) is 0 Å². The van der Waals surface area contributed by atoms with Gasteiger partial charge in [-0.3, -0.25) is 9.59 Å². The first-order chi connectivity index (χ1) is 21.2. The van der Waals surface area contributed by atoms with Crippen molar-refractivity contribution in [3.8, 4) is 5.75 Å². The molecule has 3 aliphatic rings. The van der Waals surface area contributed by atoms with Crippen LogP contribution in [0, 0.1) is 11.3 Å². The zero-order valence-corrected chi connectivity index (χ0v) is 27.6. The standard InChI is InChI=1S/C35H41N3O5S.ClH/c1-43-32-11-7-6-10-30(32)33(39)38-24-28(31(25-38)27-8-4-3-5-9-27)23-36-19-16-35(17-20-36)18-21-37(34(35)40)22-26-12-14-29(15-13-26)44(2,41)42;/h3-15,28,31H,16-25H2,1-2H3;1H/t28-,31+;/m0./s1. The third-order valence-corrected chi connectivity index (χ3v) is 11.1. The molecule has 10 heteroatoms. The smallest absolute Gasteiger partial charge is 0.257 e. The van der Waals surface area contributed by atoms with Gasteiger partial charge in [0.1, 0.15) is 5.75 Å². The van der Waals surface area contributed by atoms with E-state index in [-0.39, 0.29) is 41.5 Å². The first-order valence-corrected chi connectivity index (χ1v) is 17.3. The molecule has 3 heterocycles. The van der Waals surface area contributed by atoms with Gasteiger partial charge in [-0.25, -0.2) is 8.42 Å². The summed E-state index contributed by atoms with van der Waals surface area (Å²) in [6, 6.07) is 24.8. The van der Waals surface area contributed by atoms with E-state index < -0.39 is 9.84 Å². The first kappa shape index (κ1) is 33.0. The van der Waals surface area contributed by atoms with Crippen LogP contribution in [-0.4, -0.2) is 87.6 Å². The zero-order chi connectivity index (χ0) is 30.9. The van der Waals surface area contributed by atoms with Gasteiger partial charge in [-0.1, -0.05) is 54.6 Å². The average Bonchev–Trinajstić information content (AvgIpc) is 3.59. The number of ether oxygens (including phenoxy) is 1. The number of carbonyl (C=O) groups is 2. The lowest BCUT2D eigenvalue weighted by Gasteiger charge is -2.39. The summed E-state index contributed by atoms with van der Waals surface area (Å²) >= 11 is 0. The minimum Gasteiger partial charge on any atom is -0.496 e. The van der Waals surface area contributed by atoms with E-state index in [9.17, 15) is 18.0 Å². The fraction of sp³-hybridized carbons (Fsp3) is 0.429. The number of piperidine rings is 1. The van der Waals surface area contributed by atoms with E-state index >= 15 is 0 Å². The molecule has 0 saturated carbocycles. The van der Waals surface area contributed by atoms with E-state index in [0.29, 0.717) is 35.8 Å². The number of benzene rings is 3. The van der Waals surface area contributed by atoms with Gasteiger partial charge in [0.2, 0.25) is 5.91 Å². The van der Waals surface area contributed by atoms with Crippen molar-refractivity contribution in [1.29, 1.82) is 0 Å². The predicted molar refractivity (Wildman–Crippen MR) is 177 cm³/mol. The summed E-state index contributed by atoms with van der Waals surface area (Å²) in [5.74, 6) is 1.35. The Kier molecular flexibility index (Phi) is 9.91. The maximum atomic E-state index is 13.7. The summed E-state index contributed by atoms with van der Waals surface area (Å²) in [6.07, 6.45) is 3.73. The van der Waals surface area contributed by atoms with Crippen molar-refractivity contribution in [3.05, 3.63) is 95.6 Å². The molecule has 3 saturated heterocycles. The molecule has 240 valence electrons. The Morgan fingerprint density at radius 3 is 2.20 bits per heavy atom. The molecule has 3 aromatic carbocycles. The van der Waals surface area contributed by atoms with Crippen LogP contribution in [0.5, 0.6) is 5.75 Å². The maximum Gasteiger partial charge on any atom is 0.257 e. The second-order valence-electron chi connectivity index (χ2n) is 12.7. The molecule has 2 atom stereocenters. The summed E-state index contributed by atoms with van der Waals surface area (Å²) < 4.78 is 29.1. The Hall–Kier alpha value is -3.40. The highest BCUT2D eigenvalue weighted by Gasteiger charge is 2.48. The number of amides is 2. The van der Waals surface area contributed by atoms with Crippen molar-refractivity contribution in [3.63, 3.8) is 0 Å². The van der Waals surface area contributed by atoms with E-state index in [1.807, 2.05) is 52.3 Å². The molecule has 6 rings (SSSR count). The van der Waals surface area contributed by atoms with Gasteiger partial charge < -0.3 is 19.4 Å². The topological polar surface area (TPSA) is 87.2 Å². The summed E-state index contributed by atoms with van der Waals surface area (Å²) in [7, 11) is -1.65. The van der Waals surface area contributed by atoms with Crippen molar-refractivity contribution in [2.24, 2.45) is 11.3 Å². The molecule has 0 aliphatic carbocycles. The van der Waals surface area contributed by atoms with E-state index in [4.69, 9.17) is 4.74 Å². The molecule has 0 radical (unpaired) electrons. The number of carbonyl (C=O) groups excluding carboxylic acids is 2. The summed E-state index contributed by atoms with van der Waals surface area (Å²) in [4.78, 5) is 34.0. The molecule has 3 aliphatic heterocycles. The van der Waals surface area contributed by atoms with Crippen LogP contribution < -0.4 is 4.74 Å². The molecule has 2 amide bonds. The van der Waals surface area contributed by atoms with E-state index in [2.05, 4.69) is 29.2 Å². The van der Waals surface area contributed by atoms with Gasteiger partial charge >= 0.3 is 0 Å². The fourth-order valence-electron chi connectivity index (χ4n) is 7.36. The number of halogens is 1. The van der Waals surface area contributed by atoms with Crippen molar-refractivity contribution < 1.29 is 22.7 Å². The summed E-state index contributed by atoms with van der Waals surface area (Å²) in [5.41, 5.74) is 2.48. The van der Waals surface area contributed by atoms with Crippen molar-refractivity contribution in [2.75, 3.05) is 52.6 Å². The van der Waals surface area contributed by atoms with Crippen molar-refractivity contribution in [1.82, 2.24) is 14.7 Å². The van der Waals surface area contributed by atoms with E-state index in [1.165, 1.54) is 11.8 Å². The van der Waals surface area contributed by atoms with Gasteiger partial charge in [0.25, 0.3) is 5.91 Å². The quantitative estimate of drug-likeness (QED) is 0.345. The molecule has 1 spiro atoms. The highest BCUT2D eigenvalue weighted by Crippen LogP contribution is 2.43. The molecule has 0 N–H and O–H groups in total. The normalized spacial score (nSPS) is 21.6. The first-order valence-electron chi connectivity index (χ1n) is 15.4. The molecule has 3 fully saturated rings. The largest absolute Gasteiger partial charge is 0.496 e. The van der Waals surface area contributed by atoms with Gasteiger partial charge in [0.15, 0.2) is 9.84 Å². The molecule has 0 bridgehead atoms. The second kappa shape index (κ2) is 13.5.